The number of nitrogens with two attached hydrogens (primary N) is 1. The van der Waals surface area contributed by atoms with E-state index in [0.717, 1.165) is 5.69 Å². The Morgan fingerprint density at radius 2 is 1.63 bits per heavy atom. The van der Waals surface area contributed by atoms with Crippen molar-refractivity contribution in [2.45, 2.75) is 42.7 Å². The molecule has 15 nitrogen and oxygen atoms in total. The van der Waals surface area contributed by atoms with Crippen molar-refractivity contribution in [3.8, 4) is 0 Å². The topological polar surface area (TPSA) is 244 Å². The molecule has 9 N–H and O–H groups in total. The van der Waals surface area contributed by atoms with E-state index in [1.165, 1.54) is 6.07 Å². The smallest absolute Gasteiger partial charge is 0.326 e. The van der Waals surface area contributed by atoms with Gasteiger partial charge in [0.2, 0.25) is 21.8 Å². The normalized spacial score (nSPS) is 12.6. The van der Waals surface area contributed by atoms with Crippen LogP contribution in [0.5, 0.6) is 0 Å². The van der Waals surface area contributed by atoms with Crippen molar-refractivity contribution in [1.29, 1.82) is 5.41 Å². The second-order valence-electron chi connectivity index (χ2n) is 9.29. The van der Waals surface area contributed by atoms with E-state index >= 15 is 0 Å². The van der Waals surface area contributed by atoms with Gasteiger partial charge >= 0.3 is 11.9 Å². The zero-order chi connectivity index (χ0) is 30.7. The number of benzene rings is 2. The fraction of sp³-hybridized carbons (Fsp3) is 0.400. The molecule has 0 radical (unpaired) electrons. The van der Waals surface area contributed by atoms with Crippen LogP contribution in [0, 0.1) is 5.41 Å². The van der Waals surface area contributed by atoms with Gasteiger partial charge in [0, 0.05) is 43.5 Å². The first-order valence-corrected chi connectivity index (χ1v) is 14.0. The molecule has 2 amide bonds. The zero-order valence-corrected chi connectivity index (χ0v) is 23.5. The van der Waals surface area contributed by atoms with E-state index in [1.807, 2.05) is 11.0 Å². The minimum atomic E-state index is -4.34. The van der Waals surface area contributed by atoms with Gasteiger partial charge in [0.25, 0.3) is 0 Å². The van der Waals surface area contributed by atoms with Crippen molar-refractivity contribution in [2.24, 2.45) is 5.73 Å². The highest BCUT2D eigenvalue weighted by Crippen LogP contribution is 2.30. The number of guanidine groups is 1. The molecule has 0 aliphatic heterocycles. The molecular weight excluding hydrogens is 558 g/mol. The summed E-state index contributed by atoms with van der Waals surface area (Å²) >= 11 is 0. The number of hydrogen-bond donors (Lipinski definition) is 8. The van der Waals surface area contributed by atoms with E-state index in [4.69, 9.17) is 16.2 Å². The van der Waals surface area contributed by atoms with Crippen molar-refractivity contribution in [3.05, 3.63) is 36.4 Å². The first-order chi connectivity index (χ1) is 19.2. The van der Waals surface area contributed by atoms with Crippen LogP contribution in [0.15, 0.2) is 41.3 Å². The standard InChI is InChI=1S/C25H35N7O8S/c1-32(2)19-9-3-7-16-15(19)6-4-10-20(16)41(39,40)31-17(11-12-22(34)35)23(36)29-14-21(33)30-18(24(37)38)8-5-13-28-25(26)27/h3-4,6-7,9-10,17-18,31H,5,8,11-14H2,1-2H3,(H,29,36)(H,30,33)(H,34,35)(H,37,38)(H4,26,27,28)/t17-,18-/m0/s1. The number of carboxylic acid groups (broad SMARTS) is 2. The average Bonchev–Trinajstić information content (AvgIpc) is 2.90. The quantitative estimate of drug-likeness (QED) is 0.0691. The van der Waals surface area contributed by atoms with Crippen LogP contribution < -0.4 is 31.3 Å². The van der Waals surface area contributed by atoms with Gasteiger partial charge in [0.15, 0.2) is 5.96 Å². The Bertz CT molecular complexity index is 1400. The molecule has 0 bridgehead atoms. The van der Waals surface area contributed by atoms with Gasteiger partial charge in [-0.25, -0.2) is 13.2 Å². The molecule has 0 heterocycles. The molecular formula is C25H35N7O8S. The maximum atomic E-state index is 13.4. The van der Waals surface area contributed by atoms with Crippen LogP contribution in [-0.2, 0) is 29.2 Å². The second kappa shape index (κ2) is 14.8. The highest BCUT2D eigenvalue weighted by Gasteiger charge is 2.28. The number of nitrogens with one attached hydrogen (secondary N) is 5. The van der Waals surface area contributed by atoms with Crippen LogP contribution >= 0.6 is 0 Å². The Morgan fingerprint density at radius 3 is 2.24 bits per heavy atom. The van der Waals surface area contributed by atoms with Crippen LogP contribution in [0.3, 0.4) is 0 Å². The summed E-state index contributed by atoms with van der Waals surface area (Å²) in [4.78, 5) is 49.6. The van der Waals surface area contributed by atoms with Crippen LogP contribution in [0.2, 0.25) is 0 Å². The molecule has 2 atom stereocenters. The van der Waals surface area contributed by atoms with Crippen LogP contribution in [0.25, 0.3) is 10.8 Å². The van der Waals surface area contributed by atoms with Crippen LogP contribution in [-0.4, -0.2) is 87.6 Å². The van der Waals surface area contributed by atoms with E-state index < -0.39 is 65.2 Å². The molecule has 0 unspecified atom stereocenters. The monoisotopic (exact) mass is 593 g/mol. The van der Waals surface area contributed by atoms with Gasteiger partial charge in [0.1, 0.15) is 12.1 Å². The van der Waals surface area contributed by atoms with Gasteiger partial charge in [-0.2, -0.15) is 4.72 Å². The molecule has 0 aliphatic carbocycles. The lowest BCUT2D eigenvalue weighted by Crippen LogP contribution is -2.51. The Kier molecular flexibility index (Phi) is 11.8. The molecule has 2 aromatic rings. The second-order valence-corrected chi connectivity index (χ2v) is 11.0. The van der Waals surface area contributed by atoms with Crippen LogP contribution in [0.4, 0.5) is 5.69 Å². The van der Waals surface area contributed by atoms with Crippen molar-refractivity contribution in [3.63, 3.8) is 0 Å². The summed E-state index contributed by atoms with van der Waals surface area (Å²) in [5, 5.41) is 33.6. The molecule has 0 saturated heterocycles. The summed E-state index contributed by atoms with van der Waals surface area (Å²) in [6.45, 7) is -0.468. The van der Waals surface area contributed by atoms with Crippen molar-refractivity contribution < 1.29 is 37.8 Å². The summed E-state index contributed by atoms with van der Waals surface area (Å²) in [6, 6.07) is 6.96. The zero-order valence-electron chi connectivity index (χ0n) is 22.6. The number of anilines is 1. The maximum absolute atomic E-state index is 13.4. The van der Waals surface area contributed by atoms with Gasteiger partial charge < -0.3 is 36.8 Å². The fourth-order valence-electron chi connectivity index (χ4n) is 3.97. The number of carbonyl (C=O) groups excluding carboxylic acids is 2. The molecule has 0 saturated carbocycles. The Labute approximate surface area is 237 Å². The summed E-state index contributed by atoms with van der Waals surface area (Å²) in [5.41, 5.74) is 5.93. The molecule has 224 valence electrons. The number of nitrogens with zero attached hydrogens (tertiary/aromatic N) is 1. The molecule has 0 aromatic heterocycles. The molecule has 16 heteroatoms. The summed E-state index contributed by atoms with van der Waals surface area (Å²) in [6.07, 6.45) is -0.664. The number of carbonyl (C=O) groups is 4. The summed E-state index contributed by atoms with van der Waals surface area (Å²) in [7, 11) is -0.726. The number of fused-ring (bicyclic) bond motifs is 1. The van der Waals surface area contributed by atoms with E-state index in [0.29, 0.717) is 10.8 Å². The number of carboxylic acids is 2. The van der Waals surface area contributed by atoms with E-state index in [-0.39, 0.29) is 30.2 Å². The highest BCUT2D eigenvalue weighted by molar-refractivity contribution is 7.89. The Hall–Kier alpha value is -4.44. The number of aliphatic carboxylic acids is 2. The van der Waals surface area contributed by atoms with E-state index in [1.54, 1.807) is 38.4 Å². The predicted octanol–water partition coefficient (Wildman–Crippen LogP) is -0.634. The molecule has 2 rings (SSSR count). The Morgan fingerprint density at radius 1 is 0.976 bits per heavy atom. The lowest BCUT2D eigenvalue weighted by atomic mass is 10.1. The minimum absolute atomic E-state index is 0.0108. The highest BCUT2D eigenvalue weighted by atomic mass is 32.2. The third kappa shape index (κ3) is 9.91. The number of rotatable bonds is 16. The number of amides is 2. The van der Waals surface area contributed by atoms with Crippen molar-refractivity contribution >= 4 is 56.2 Å². The Balaban J connectivity index is 2.16. The predicted molar refractivity (Wildman–Crippen MR) is 151 cm³/mol. The SMILES string of the molecule is CN(C)c1cccc2c(S(=O)(=O)N[C@@H](CCC(=O)O)C(=O)NCC(=O)N[C@@H](CCCNC(=N)N)C(=O)O)cccc12. The lowest BCUT2D eigenvalue weighted by Gasteiger charge is -2.20. The van der Waals surface area contributed by atoms with E-state index in [2.05, 4.69) is 20.7 Å². The van der Waals surface area contributed by atoms with Gasteiger partial charge in [-0.15, -0.1) is 0 Å². The van der Waals surface area contributed by atoms with Gasteiger partial charge in [-0.3, -0.25) is 19.8 Å². The first kappa shape index (κ1) is 32.8. The minimum Gasteiger partial charge on any atom is -0.481 e. The largest absolute Gasteiger partial charge is 0.481 e. The lowest BCUT2D eigenvalue weighted by molar-refractivity contribution is -0.142. The van der Waals surface area contributed by atoms with Gasteiger partial charge in [-0.05, 0) is 31.4 Å². The summed E-state index contributed by atoms with van der Waals surface area (Å²) in [5.74, 6) is -4.67. The molecule has 0 fully saturated rings. The maximum Gasteiger partial charge on any atom is 0.326 e. The summed E-state index contributed by atoms with van der Waals surface area (Å²) < 4.78 is 29.0. The average molecular weight is 594 g/mol. The van der Waals surface area contributed by atoms with Gasteiger partial charge in [-0.1, -0.05) is 24.3 Å². The third-order valence-electron chi connectivity index (χ3n) is 5.93. The van der Waals surface area contributed by atoms with Crippen molar-refractivity contribution in [1.82, 2.24) is 20.7 Å². The van der Waals surface area contributed by atoms with Gasteiger partial charge in [0.05, 0.1) is 11.4 Å². The van der Waals surface area contributed by atoms with Crippen molar-refractivity contribution in [2.75, 3.05) is 32.1 Å². The first-order valence-electron chi connectivity index (χ1n) is 12.5. The number of sulfonamides is 1. The van der Waals surface area contributed by atoms with E-state index in [9.17, 15) is 32.7 Å². The molecule has 0 aliphatic rings. The van der Waals surface area contributed by atoms with Crippen LogP contribution in [0.1, 0.15) is 25.7 Å². The number of hydrogen-bond acceptors (Lipinski definition) is 8. The third-order valence-corrected chi connectivity index (χ3v) is 7.46. The molecule has 2 aromatic carbocycles. The fourth-order valence-corrected chi connectivity index (χ4v) is 5.43. The molecule has 0 spiro atoms. The molecule has 41 heavy (non-hydrogen) atoms.